The molecule has 1 aromatic carbocycles. The van der Waals surface area contributed by atoms with Crippen molar-refractivity contribution in [1.29, 1.82) is 0 Å². The molecule has 0 saturated carbocycles. The number of aromatic hydroxyl groups is 2. The van der Waals surface area contributed by atoms with E-state index in [1.807, 2.05) is 32.8 Å². The number of anilines is 1. The number of carbonyl (C=O) groups is 2. The minimum absolute atomic E-state index is 0.0253. The highest BCUT2D eigenvalue weighted by Gasteiger charge is 2.30. The number of ether oxygens (including phenoxy) is 3. The van der Waals surface area contributed by atoms with Gasteiger partial charge in [0.2, 0.25) is 0 Å². The van der Waals surface area contributed by atoms with E-state index >= 15 is 0 Å². The summed E-state index contributed by atoms with van der Waals surface area (Å²) in [5, 5.41) is 36.2. The molecule has 44 heavy (non-hydrogen) atoms. The van der Waals surface area contributed by atoms with E-state index in [2.05, 4.69) is 10.3 Å². The number of phenolic OH excluding ortho intramolecular Hbond substituents is 2. The van der Waals surface area contributed by atoms with E-state index in [0.717, 1.165) is 0 Å². The van der Waals surface area contributed by atoms with Gasteiger partial charge in [-0.2, -0.15) is 0 Å². The third-order valence-corrected chi connectivity index (χ3v) is 7.47. The van der Waals surface area contributed by atoms with Gasteiger partial charge in [0.25, 0.3) is 5.91 Å². The first-order valence-electron chi connectivity index (χ1n) is 14.5. The molecule has 1 aromatic rings. The van der Waals surface area contributed by atoms with Crippen LogP contribution in [0.15, 0.2) is 46.5 Å². The number of hydrogen-bond donors (Lipinski definition) is 5. The Labute approximate surface area is 259 Å². The Morgan fingerprint density at radius 1 is 1.20 bits per heavy atom. The average Bonchev–Trinajstić information content (AvgIpc) is 2.95. The van der Waals surface area contributed by atoms with Crippen LogP contribution in [0.5, 0.6) is 11.5 Å². The van der Waals surface area contributed by atoms with Crippen molar-refractivity contribution in [3.05, 3.63) is 47.1 Å². The first kappa shape index (κ1) is 36.5. The van der Waals surface area contributed by atoms with Gasteiger partial charge < -0.3 is 45.5 Å². The average molecular weight is 617 g/mol. The van der Waals surface area contributed by atoms with Crippen LogP contribution in [-0.2, 0) is 25.4 Å². The van der Waals surface area contributed by atoms with Crippen LogP contribution in [0.2, 0.25) is 0 Å². The van der Waals surface area contributed by atoms with Gasteiger partial charge in [0.15, 0.2) is 6.10 Å². The number of nitrogens with one attached hydrogen (secondary N) is 1. The van der Waals surface area contributed by atoms with E-state index in [-0.39, 0.29) is 40.8 Å². The molecule has 6 atom stereocenters. The molecule has 0 fully saturated rings. The second-order valence-electron chi connectivity index (χ2n) is 11.5. The number of nitrogens with two attached hydrogens (primary N) is 1. The van der Waals surface area contributed by atoms with Gasteiger partial charge in [-0.1, -0.05) is 38.2 Å². The highest BCUT2D eigenvalue weighted by molar-refractivity contribution is 6.04. The molecule has 0 saturated heterocycles. The maximum atomic E-state index is 13.1. The molecular weight excluding hydrogens is 568 g/mol. The van der Waals surface area contributed by atoms with Crippen molar-refractivity contribution in [2.75, 3.05) is 40.2 Å². The van der Waals surface area contributed by atoms with Gasteiger partial charge in [-0.05, 0) is 52.3 Å². The zero-order valence-corrected chi connectivity index (χ0v) is 26.9. The summed E-state index contributed by atoms with van der Waals surface area (Å²) in [5.41, 5.74) is 6.82. The lowest BCUT2D eigenvalue weighted by molar-refractivity contribution is -0.112. The van der Waals surface area contributed by atoms with Crippen LogP contribution in [-0.4, -0.2) is 97.7 Å². The summed E-state index contributed by atoms with van der Waals surface area (Å²) in [7, 11) is 6.71. The fourth-order valence-corrected chi connectivity index (χ4v) is 5.03. The predicted molar refractivity (Wildman–Crippen MR) is 170 cm³/mol. The van der Waals surface area contributed by atoms with Crippen molar-refractivity contribution >= 4 is 29.6 Å². The Morgan fingerprint density at radius 3 is 2.48 bits per heavy atom. The van der Waals surface area contributed by atoms with Crippen molar-refractivity contribution in [2.45, 2.75) is 65.0 Å². The van der Waals surface area contributed by atoms with E-state index < -0.39 is 42.3 Å². The van der Waals surface area contributed by atoms with Crippen molar-refractivity contribution < 1.29 is 39.1 Å². The van der Waals surface area contributed by atoms with Crippen molar-refractivity contribution in [2.24, 2.45) is 22.6 Å². The predicted octanol–water partition coefficient (Wildman–Crippen LogP) is 3.82. The first-order chi connectivity index (χ1) is 20.7. The van der Waals surface area contributed by atoms with E-state index in [1.165, 1.54) is 26.4 Å². The monoisotopic (exact) mass is 616 g/mol. The first-order valence-corrected chi connectivity index (χ1v) is 14.5. The van der Waals surface area contributed by atoms with Gasteiger partial charge >= 0.3 is 6.09 Å². The molecule has 1 aliphatic heterocycles. The van der Waals surface area contributed by atoms with Crippen LogP contribution >= 0.6 is 0 Å². The smallest absolute Gasteiger partial charge is 0.405 e. The Morgan fingerprint density at radius 2 is 1.89 bits per heavy atom. The summed E-state index contributed by atoms with van der Waals surface area (Å²) in [6.07, 6.45) is 4.57. The van der Waals surface area contributed by atoms with Crippen LogP contribution < -0.4 is 11.1 Å². The fraction of sp³-hybridized carbons (Fsp3) is 0.531. The molecule has 0 radical (unpaired) electrons. The molecule has 0 unspecified atom stereocenters. The lowest BCUT2D eigenvalue weighted by atomic mass is 9.87. The number of aliphatic hydroxyl groups is 1. The molecule has 2 amide bonds. The summed E-state index contributed by atoms with van der Waals surface area (Å²) < 4.78 is 16.7. The Kier molecular flexibility index (Phi) is 14.1. The molecule has 12 nitrogen and oxygen atoms in total. The highest BCUT2D eigenvalue weighted by atomic mass is 16.6. The third-order valence-electron chi connectivity index (χ3n) is 7.47. The zero-order chi connectivity index (χ0) is 33.1. The number of phenols is 2. The molecule has 0 spiro atoms. The number of rotatable bonds is 6. The number of aliphatic imine (C=N–C) groups is 1. The van der Waals surface area contributed by atoms with Gasteiger partial charge in [0.1, 0.15) is 23.3 Å². The third kappa shape index (κ3) is 10.2. The van der Waals surface area contributed by atoms with Crippen LogP contribution in [0.3, 0.4) is 0 Å². The summed E-state index contributed by atoms with van der Waals surface area (Å²) in [6.45, 7) is 7.59. The lowest BCUT2D eigenvalue weighted by Gasteiger charge is -2.29. The summed E-state index contributed by atoms with van der Waals surface area (Å²) >= 11 is 0. The number of benzene rings is 1. The molecule has 2 rings (SSSR count). The molecule has 12 heteroatoms. The molecule has 0 aromatic heterocycles. The normalized spacial score (nSPS) is 25.9. The molecule has 0 aliphatic carbocycles. The van der Waals surface area contributed by atoms with Crippen LogP contribution in [0, 0.1) is 11.8 Å². The summed E-state index contributed by atoms with van der Waals surface area (Å²) in [4.78, 5) is 31.2. The van der Waals surface area contributed by atoms with Gasteiger partial charge in [-0.3, -0.25) is 9.79 Å². The Bertz CT molecular complexity index is 1270. The number of allylic oxidation sites excluding steroid dienone is 2. The Balaban J connectivity index is 2.69. The molecule has 2 bridgehead atoms. The lowest BCUT2D eigenvalue weighted by Crippen LogP contribution is -2.37. The molecule has 1 aliphatic rings. The number of nitrogens with zero attached hydrogens (tertiary/aromatic N) is 2. The van der Waals surface area contributed by atoms with E-state index in [1.54, 1.807) is 38.3 Å². The number of methoxy groups -OCH3 is 2. The zero-order valence-electron chi connectivity index (χ0n) is 26.9. The number of aliphatic hydroxyl groups excluding tert-OH is 1. The molecule has 1 heterocycles. The van der Waals surface area contributed by atoms with Crippen LogP contribution in [0.1, 0.15) is 39.7 Å². The highest BCUT2D eigenvalue weighted by Crippen LogP contribution is 2.44. The second-order valence-corrected chi connectivity index (χ2v) is 11.5. The van der Waals surface area contributed by atoms with Gasteiger partial charge in [0.05, 0.1) is 17.9 Å². The van der Waals surface area contributed by atoms with Crippen molar-refractivity contribution in [1.82, 2.24) is 4.90 Å². The van der Waals surface area contributed by atoms with Gasteiger partial charge in [-0.15, -0.1) is 0 Å². The number of fused-ring (bicyclic) bond motifs is 2. The number of hydrogen-bond acceptors (Lipinski definition) is 10. The quantitative estimate of drug-likeness (QED) is 0.138. The maximum Gasteiger partial charge on any atom is 0.405 e. The minimum Gasteiger partial charge on any atom is -0.506 e. The summed E-state index contributed by atoms with van der Waals surface area (Å²) in [5.74, 6) is -1.53. The molecule has 6 N–H and O–H groups in total. The van der Waals surface area contributed by atoms with Gasteiger partial charge in [-0.25, -0.2) is 4.79 Å². The second kappa shape index (κ2) is 17.0. The van der Waals surface area contributed by atoms with Crippen molar-refractivity contribution in [3.63, 3.8) is 0 Å². The fourth-order valence-electron chi connectivity index (χ4n) is 5.03. The van der Waals surface area contributed by atoms with E-state index in [0.29, 0.717) is 24.1 Å². The summed E-state index contributed by atoms with van der Waals surface area (Å²) in [6, 6.07) is 1.26. The van der Waals surface area contributed by atoms with Gasteiger partial charge in [0, 0.05) is 50.1 Å². The number of carbonyl (C=O) groups excluding carboxylic acids is 2. The Hall–Kier alpha value is -3.71. The van der Waals surface area contributed by atoms with Crippen LogP contribution in [0.25, 0.3) is 0 Å². The van der Waals surface area contributed by atoms with Crippen LogP contribution in [0.4, 0.5) is 16.2 Å². The number of primary amides is 1. The largest absolute Gasteiger partial charge is 0.506 e. The van der Waals surface area contributed by atoms with E-state index in [4.69, 9.17) is 19.9 Å². The number of amides is 2. The SMILES string of the molecule is CO[C@@H]1C=CC=C(C)C(=O)Nc2cc(O)c(N=CCN(C)C)c(c2O)C[C@H](C)C[C@@H](OC)[C@H](O)[C@H](C)C=C(C)[C@H]1OC(N)=O. The van der Waals surface area contributed by atoms with E-state index in [9.17, 15) is 24.9 Å². The minimum atomic E-state index is -0.991. The maximum absolute atomic E-state index is 13.1. The molecular formula is C32H48N4O8. The van der Waals surface area contributed by atoms with Crippen molar-refractivity contribution in [3.8, 4) is 11.5 Å². The topological polar surface area (TPSA) is 176 Å². The standard InChI is InChI=1S/C32H48N4O8/c1-18-14-22-27(34-12-13-36(5)6)24(37)17-23(29(22)39)35-31(40)19(2)10-9-11-25(42-7)30(44-32(33)41)21(4)16-20(3)28(38)26(15-18)43-8/h9-12,16-18,20,25-26,28,30,37-39H,13-15H2,1-8H3,(H2,33,41)(H,35,40)/t18-,20+,25+,26+,28+,30+/m0/s1. The molecule has 244 valence electrons.